The van der Waals surface area contributed by atoms with Crippen molar-refractivity contribution in [3.05, 3.63) is 0 Å². The number of likely N-dealkylation sites (tertiary alicyclic amines) is 1. The predicted octanol–water partition coefficient (Wildman–Crippen LogP) is 3.40. The maximum atomic E-state index is 6.20. The molecule has 2 aliphatic rings. The van der Waals surface area contributed by atoms with Gasteiger partial charge < -0.3 is 5.73 Å². The Hall–Kier alpha value is -0.0800. The van der Waals surface area contributed by atoms with Crippen molar-refractivity contribution < 1.29 is 0 Å². The Kier molecular flexibility index (Phi) is 5.08. The van der Waals surface area contributed by atoms with Gasteiger partial charge in [-0.05, 0) is 50.9 Å². The molecule has 2 rings (SSSR count). The summed E-state index contributed by atoms with van der Waals surface area (Å²) in [6.07, 6.45) is 9.78. The van der Waals surface area contributed by atoms with Gasteiger partial charge in [0.15, 0.2) is 0 Å². The highest BCUT2D eigenvalue weighted by Gasteiger charge is 2.35. The Balaban J connectivity index is 1.85. The third-order valence-electron chi connectivity index (χ3n) is 5.66. The van der Waals surface area contributed by atoms with Crippen LogP contribution in [0.25, 0.3) is 0 Å². The van der Waals surface area contributed by atoms with Gasteiger partial charge in [0.05, 0.1) is 0 Å². The summed E-state index contributed by atoms with van der Waals surface area (Å²) in [6.45, 7) is 8.28. The molecule has 1 heterocycles. The average molecular weight is 252 g/mol. The average Bonchev–Trinajstić information content (AvgIpc) is 2.38. The smallest absolute Gasteiger partial charge is 0.0110 e. The quantitative estimate of drug-likeness (QED) is 0.834. The molecule has 0 radical (unpaired) electrons. The molecule has 1 saturated heterocycles. The van der Waals surface area contributed by atoms with Crippen LogP contribution < -0.4 is 5.73 Å². The van der Waals surface area contributed by atoms with E-state index in [1.165, 1.54) is 51.5 Å². The molecule has 0 amide bonds. The van der Waals surface area contributed by atoms with Gasteiger partial charge >= 0.3 is 0 Å². The van der Waals surface area contributed by atoms with E-state index in [9.17, 15) is 0 Å². The largest absolute Gasteiger partial charge is 0.327 e. The van der Waals surface area contributed by atoms with Crippen LogP contribution in [-0.2, 0) is 0 Å². The minimum absolute atomic E-state index is 0.424. The number of rotatable bonds is 3. The lowest BCUT2D eigenvalue weighted by atomic mass is 9.80. The van der Waals surface area contributed by atoms with E-state index < -0.39 is 0 Å². The lowest BCUT2D eigenvalue weighted by Crippen LogP contribution is -2.55. The van der Waals surface area contributed by atoms with E-state index in [1.54, 1.807) is 0 Å². The summed E-state index contributed by atoms with van der Waals surface area (Å²) in [6, 6.07) is 1.96. The summed E-state index contributed by atoms with van der Waals surface area (Å²) in [4.78, 5) is 2.77. The molecule has 0 bridgehead atoms. The van der Waals surface area contributed by atoms with Gasteiger partial charge in [-0.25, -0.2) is 0 Å². The standard InChI is InChI=1S/C16H32N2/c1-4-5-14-6-8-15(9-7-14)18-11-10-16(17)12(2)13(18)3/h12-16H,4-11,17H2,1-3H3. The number of nitrogens with zero attached hydrogens (tertiary/aromatic N) is 1. The second kappa shape index (κ2) is 6.38. The topological polar surface area (TPSA) is 29.3 Å². The predicted molar refractivity (Wildman–Crippen MR) is 78.6 cm³/mol. The zero-order valence-electron chi connectivity index (χ0n) is 12.6. The van der Waals surface area contributed by atoms with E-state index in [4.69, 9.17) is 5.73 Å². The Morgan fingerprint density at radius 3 is 2.33 bits per heavy atom. The Labute approximate surface area is 113 Å². The number of nitrogens with two attached hydrogens (primary N) is 1. The normalized spacial score (nSPS) is 43.0. The first-order valence-corrected chi connectivity index (χ1v) is 8.14. The van der Waals surface area contributed by atoms with Crippen molar-refractivity contribution in [1.82, 2.24) is 4.90 Å². The summed E-state index contributed by atoms with van der Waals surface area (Å²) >= 11 is 0. The zero-order chi connectivity index (χ0) is 13.1. The van der Waals surface area contributed by atoms with E-state index in [1.807, 2.05) is 0 Å². The van der Waals surface area contributed by atoms with Crippen molar-refractivity contribution in [2.75, 3.05) is 6.54 Å². The summed E-state index contributed by atoms with van der Waals surface area (Å²) < 4.78 is 0. The van der Waals surface area contributed by atoms with Crippen LogP contribution in [0, 0.1) is 11.8 Å². The van der Waals surface area contributed by atoms with Crippen LogP contribution in [0.2, 0.25) is 0 Å². The molecule has 1 aliphatic carbocycles. The molecule has 1 aliphatic heterocycles. The molecule has 2 N–H and O–H groups in total. The van der Waals surface area contributed by atoms with Gasteiger partial charge in [-0.3, -0.25) is 4.90 Å². The first-order chi connectivity index (χ1) is 8.63. The van der Waals surface area contributed by atoms with Crippen molar-refractivity contribution in [2.45, 2.75) is 83.8 Å². The Bertz CT molecular complexity index is 245. The molecule has 1 saturated carbocycles. The van der Waals surface area contributed by atoms with Gasteiger partial charge in [0.25, 0.3) is 0 Å². The van der Waals surface area contributed by atoms with E-state index in [-0.39, 0.29) is 0 Å². The number of hydrogen-bond acceptors (Lipinski definition) is 2. The number of piperidine rings is 1. The van der Waals surface area contributed by atoms with Crippen molar-refractivity contribution >= 4 is 0 Å². The van der Waals surface area contributed by atoms with Crippen LogP contribution in [0.1, 0.15) is 65.7 Å². The minimum Gasteiger partial charge on any atom is -0.327 e. The van der Waals surface area contributed by atoms with Crippen LogP contribution in [0.15, 0.2) is 0 Å². The molecule has 2 nitrogen and oxygen atoms in total. The first kappa shape index (κ1) is 14.3. The fourth-order valence-electron chi connectivity index (χ4n) is 4.11. The van der Waals surface area contributed by atoms with Gasteiger partial charge in [0.1, 0.15) is 0 Å². The van der Waals surface area contributed by atoms with Crippen molar-refractivity contribution in [3.8, 4) is 0 Å². The minimum atomic E-state index is 0.424. The molecule has 18 heavy (non-hydrogen) atoms. The molecule has 2 fully saturated rings. The molecule has 0 aromatic rings. The fourth-order valence-corrected chi connectivity index (χ4v) is 4.11. The molecule has 0 aromatic carbocycles. The number of hydrogen-bond donors (Lipinski definition) is 1. The lowest BCUT2D eigenvalue weighted by Gasteiger charge is -2.47. The van der Waals surface area contributed by atoms with Crippen LogP contribution in [0.5, 0.6) is 0 Å². The van der Waals surface area contributed by atoms with Crippen LogP contribution >= 0.6 is 0 Å². The van der Waals surface area contributed by atoms with Gasteiger partial charge in [-0.2, -0.15) is 0 Å². The zero-order valence-corrected chi connectivity index (χ0v) is 12.6. The lowest BCUT2D eigenvalue weighted by molar-refractivity contribution is 0.0326. The van der Waals surface area contributed by atoms with Crippen LogP contribution in [0.3, 0.4) is 0 Å². The Morgan fingerprint density at radius 1 is 1.06 bits per heavy atom. The highest BCUT2D eigenvalue weighted by molar-refractivity contribution is 4.91. The summed E-state index contributed by atoms with van der Waals surface area (Å²) in [5, 5.41) is 0. The highest BCUT2D eigenvalue weighted by Crippen LogP contribution is 2.34. The second-order valence-electron chi connectivity index (χ2n) is 6.75. The van der Waals surface area contributed by atoms with Crippen LogP contribution in [0.4, 0.5) is 0 Å². The monoisotopic (exact) mass is 252 g/mol. The van der Waals surface area contributed by atoms with E-state index in [0.29, 0.717) is 18.0 Å². The fraction of sp³-hybridized carbons (Fsp3) is 1.00. The highest BCUT2D eigenvalue weighted by atomic mass is 15.2. The SMILES string of the molecule is CCCC1CCC(N2CCC(N)C(C)C2C)CC1. The molecule has 3 unspecified atom stereocenters. The summed E-state index contributed by atoms with van der Waals surface area (Å²) in [5.74, 6) is 1.68. The first-order valence-electron chi connectivity index (χ1n) is 8.14. The molecule has 0 spiro atoms. The molecule has 106 valence electrons. The molecule has 3 atom stereocenters. The second-order valence-corrected chi connectivity index (χ2v) is 6.75. The summed E-state index contributed by atoms with van der Waals surface area (Å²) in [5.41, 5.74) is 6.20. The third-order valence-corrected chi connectivity index (χ3v) is 5.66. The summed E-state index contributed by atoms with van der Waals surface area (Å²) in [7, 11) is 0. The van der Waals surface area contributed by atoms with Gasteiger partial charge in [-0.15, -0.1) is 0 Å². The maximum Gasteiger partial charge on any atom is 0.0110 e. The molecular formula is C16H32N2. The molecule has 0 aromatic heterocycles. The third kappa shape index (κ3) is 3.08. The molecule has 2 heteroatoms. The van der Waals surface area contributed by atoms with E-state index in [2.05, 4.69) is 25.7 Å². The van der Waals surface area contributed by atoms with Crippen molar-refractivity contribution in [2.24, 2.45) is 17.6 Å². The van der Waals surface area contributed by atoms with Gasteiger partial charge in [0.2, 0.25) is 0 Å². The van der Waals surface area contributed by atoms with E-state index in [0.717, 1.165) is 12.0 Å². The Morgan fingerprint density at radius 2 is 1.72 bits per heavy atom. The van der Waals surface area contributed by atoms with Crippen molar-refractivity contribution in [1.29, 1.82) is 0 Å². The molecular weight excluding hydrogens is 220 g/mol. The maximum absolute atomic E-state index is 6.20. The van der Waals surface area contributed by atoms with Gasteiger partial charge in [0, 0.05) is 24.7 Å². The van der Waals surface area contributed by atoms with Gasteiger partial charge in [-0.1, -0.05) is 26.7 Å². The van der Waals surface area contributed by atoms with Crippen molar-refractivity contribution in [3.63, 3.8) is 0 Å². The van der Waals surface area contributed by atoms with Crippen LogP contribution in [-0.4, -0.2) is 29.6 Å². The van der Waals surface area contributed by atoms with E-state index >= 15 is 0 Å².